The lowest BCUT2D eigenvalue weighted by Gasteiger charge is -2.36. The summed E-state index contributed by atoms with van der Waals surface area (Å²) in [5.41, 5.74) is 8.92. The lowest BCUT2D eigenvalue weighted by Crippen LogP contribution is -2.30. The van der Waals surface area contributed by atoms with Crippen molar-refractivity contribution in [2.24, 2.45) is 0 Å². The Hall–Kier alpha value is -3.48. The molecular weight excluding hydrogens is 490 g/mol. The molecule has 0 aromatic heterocycles. The van der Waals surface area contributed by atoms with Gasteiger partial charge in [0.25, 0.3) is 0 Å². The maximum Gasteiger partial charge on any atom is 0.337 e. The zero-order chi connectivity index (χ0) is 28.7. The number of benzene rings is 3. The summed E-state index contributed by atoms with van der Waals surface area (Å²) in [5.74, 6) is -0.332. The highest BCUT2D eigenvalue weighted by atomic mass is 16.5. The third kappa shape index (κ3) is 7.14. The number of hydrogen-bond acceptors (Lipinski definition) is 6. The molecule has 0 aliphatic carbocycles. The smallest absolute Gasteiger partial charge is 0.337 e. The van der Waals surface area contributed by atoms with Crippen molar-refractivity contribution in [1.29, 1.82) is 0 Å². The van der Waals surface area contributed by atoms with E-state index < -0.39 is 11.7 Å². The van der Waals surface area contributed by atoms with Gasteiger partial charge in [0, 0.05) is 25.9 Å². The Bertz CT molecular complexity index is 1290. The molecule has 39 heavy (non-hydrogen) atoms. The summed E-state index contributed by atoms with van der Waals surface area (Å²) in [6.07, 6.45) is 2.19. The second-order valence-corrected chi connectivity index (χ2v) is 10.8. The molecule has 6 nitrogen and oxygen atoms in total. The standard InChI is InChI=1S/C32H37NO4.CH4O/c1-21-12-14-24(15-13-21)30-26-11-8-16-33(19-23-9-7-10-25(18-23)31(35)36-6)27(26)17-22(2)29(30)28(20-34)37-32(3,4)5;1-2/h7,9-10,12-15,17-18,20,28H,8,11,16,19H2,1-6H3;2H,1H3. The lowest BCUT2D eigenvalue weighted by atomic mass is 9.83. The number of anilines is 1. The van der Waals surface area contributed by atoms with Crippen molar-refractivity contribution in [3.05, 3.63) is 88.0 Å². The Morgan fingerprint density at radius 1 is 1.08 bits per heavy atom. The van der Waals surface area contributed by atoms with Gasteiger partial charge in [-0.3, -0.25) is 0 Å². The van der Waals surface area contributed by atoms with Crippen LogP contribution in [0.4, 0.5) is 5.69 Å². The normalized spacial score (nSPS) is 13.6. The number of hydrogen-bond donors (Lipinski definition) is 1. The molecule has 0 fully saturated rings. The summed E-state index contributed by atoms with van der Waals surface area (Å²) < 4.78 is 11.2. The lowest BCUT2D eigenvalue weighted by molar-refractivity contribution is -0.128. The Balaban J connectivity index is 0.00000205. The fourth-order valence-corrected chi connectivity index (χ4v) is 5.21. The molecule has 0 saturated carbocycles. The Kier molecular flexibility index (Phi) is 10.1. The minimum absolute atomic E-state index is 0.332. The number of ether oxygens (including phenoxy) is 2. The summed E-state index contributed by atoms with van der Waals surface area (Å²) >= 11 is 0. The number of aliphatic hydroxyl groups excluding tert-OH is 1. The average Bonchev–Trinajstić information content (AvgIpc) is 2.92. The summed E-state index contributed by atoms with van der Waals surface area (Å²) in [4.78, 5) is 26.8. The van der Waals surface area contributed by atoms with Crippen LogP contribution in [0.2, 0.25) is 0 Å². The van der Waals surface area contributed by atoms with Crippen LogP contribution >= 0.6 is 0 Å². The molecule has 4 rings (SSSR count). The van der Waals surface area contributed by atoms with Gasteiger partial charge in [0.15, 0.2) is 6.29 Å². The van der Waals surface area contributed by atoms with Gasteiger partial charge in [0.05, 0.1) is 18.3 Å². The van der Waals surface area contributed by atoms with E-state index >= 15 is 0 Å². The first-order valence-electron chi connectivity index (χ1n) is 13.3. The summed E-state index contributed by atoms with van der Waals surface area (Å²) in [6.45, 7) is 11.7. The van der Waals surface area contributed by atoms with E-state index in [2.05, 4.69) is 49.1 Å². The molecule has 3 aromatic carbocycles. The molecule has 1 aliphatic heterocycles. The molecular formula is C33H41NO5. The highest BCUT2D eigenvalue weighted by Crippen LogP contribution is 2.43. The molecule has 0 spiro atoms. The molecule has 6 heteroatoms. The maximum absolute atomic E-state index is 12.4. The Labute approximate surface area is 232 Å². The number of rotatable bonds is 7. The van der Waals surface area contributed by atoms with Gasteiger partial charge >= 0.3 is 5.97 Å². The van der Waals surface area contributed by atoms with Crippen LogP contribution in [0.25, 0.3) is 11.1 Å². The molecule has 1 heterocycles. The summed E-state index contributed by atoms with van der Waals surface area (Å²) in [7, 11) is 2.40. The zero-order valence-electron chi connectivity index (χ0n) is 24.2. The summed E-state index contributed by atoms with van der Waals surface area (Å²) in [6, 6.07) is 18.4. The highest BCUT2D eigenvalue weighted by Gasteiger charge is 2.30. The molecule has 0 bridgehead atoms. The van der Waals surface area contributed by atoms with Gasteiger partial charge in [0.1, 0.15) is 6.10 Å². The molecule has 208 valence electrons. The van der Waals surface area contributed by atoms with E-state index in [4.69, 9.17) is 14.6 Å². The second-order valence-electron chi connectivity index (χ2n) is 10.8. The first-order chi connectivity index (χ1) is 18.6. The van der Waals surface area contributed by atoms with Crippen LogP contribution in [0.1, 0.15) is 71.5 Å². The molecule has 1 aliphatic rings. The molecule has 0 amide bonds. The SMILES string of the molecule is CO.COC(=O)c1cccc(CN2CCCc3c2cc(C)c(C(C=O)OC(C)(C)C)c3-c2ccc(C)cc2)c1. The van der Waals surface area contributed by atoms with Crippen molar-refractivity contribution in [2.45, 2.75) is 65.7 Å². The number of aldehydes is 1. The van der Waals surface area contributed by atoms with Crippen LogP contribution in [-0.2, 0) is 27.2 Å². The quantitative estimate of drug-likeness (QED) is 0.282. The van der Waals surface area contributed by atoms with E-state index in [1.165, 1.54) is 23.9 Å². The number of aryl methyl sites for hydroxylation is 2. The van der Waals surface area contributed by atoms with Gasteiger partial charge in [-0.05, 0) is 99.0 Å². The van der Waals surface area contributed by atoms with Crippen LogP contribution in [0.5, 0.6) is 0 Å². The second kappa shape index (κ2) is 13.0. The van der Waals surface area contributed by atoms with Crippen molar-refractivity contribution in [1.82, 2.24) is 0 Å². The maximum atomic E-state index is 12.4. The fraction of sp³-hybridized carbons (Fsp3) is 0.394. The van der Waals surface area contributed by atoms with E-state index in [0.717, 1.165) is 60.6 Å². The van der Waals surface area contributed by atoms with Gasteiger partial charge in [-0.1, -0.05) is 42.0 Å². The first-order valence-corrected chi connectivity index (χ1v) is 13.3. The third-order valence-corrected chi connectivity index (χ3v) is 6.80. The monoisotopic (exact) mass is 531 g/mol. The Morgan fingerprint density at radius 2 is 1.77 bits per heavy atom. The predicted octanol–water partition coefficient (Wildman–Crippen LogP) is 6.37. The number of nitrogens with zero attached hydrogens (tertiary/aromatic N) is 1. The molecule has 1 atom stereocenters. The highest BCUT2D eigenvalue weighted by molar-refractivity contribution is 5.89. The molecule has 1 unspecified atom stereocenters. The predicted molar refractivity (Wildman–Crippen MR) is 156 cm³/mol. The molecule has 1 N–H and O–H groups in total. The van der Waals surface area contributed by atoms with Crippen molar-refractivity contribution in [3.8, 4) is 11.1 Å². The topological polar surface area (TPSA) is 76.1 Å². The van der Waals surface area contributed by atoms with E-state index in [1.54, 1.807) is 6.07 Å². The van der Waals surface area contributed by atoms with Crippen LogP contribution in [0.3, 0.4) is 0 Å². The van der Waals surface area contributed by atoms with E-state index in [-0.39, 0.29) is 5.97 Å². The molecule has 0 radical (unpaired) electrons. The van der Waals surface area contributed by atoms with Crippen LogP contribution in [-0.4, -0.2) is 43.7 Å². The number of carbonyl (C=O) groups is 2. The molecule has 0 saturated heterocycles. The minimum atomic E-state index is -0.659. The van der Waals surface area contributed by atoms with Gasteiger partial charge in [0.2, 0.25) is 0 Å². The van der Waals surface area contributed by atoms with Crippen molar-refractivity contribution in [3.63, 3.8) is 0 Å². The number of esters is 1. The van der Waals surface area contributed by atoms with Crippen molar-refractivity contribution >= 4 is 17.9 Å². The number of fused-ring (bicyclic) bond motifs is 1. The van der Waals surface area contributed by atoms with Crippen molar-refractivity contribution in [2.75, 3.05) is 25.7 Å². The number of methoxy groups -OCH3 is 1. The minimum Gasteiger partial charge on any atom is -0.465 e. The Morgan fingerprint density at radius 3 is 2.38 bits per heavy atom. The van der Waals surface area contributed by atoms with Gasteiger partial charge in [-0.2, -0.15) is 0 Å². The van der Waals surface area contributed by atoms with Crippen LogP contribution < -0.4 is 4.90 Å². The van der Waals surface area contributed by atoms with Gasteiger partial charge in [-0.15, -0.1) is 0 Å². The van der Waals surface area contributed by atoms with E-state index in [0.29, 0.717) is 12.1 Å². The van der Waals surface area contributed by atoms with Gasteiger partial charge < -0.3 is 24.3 Å². The average molecular weight is 532 g/mol. The van der Waals surface area contributed by atoms with Gasteiger partial charge in [-0.25, -0.2) is 4.79 Å². The van der Waals surface area contributed by atoms with Crippen molar-refractivity contribution < 1.29 is 24.2 Å². The van der Waals surface area contributed by atoms with E-state index in [1.807, 2.05) is 39.0 Å². The third-order valence-electron chi connectivity index (χ3n) is 6.80. The first kappa shape index (κ1) is 30.1. The largest absolute Gasteiger partial charge is 0.465 e. The van der Waals surface area contributed by atoms with E-state index in [9.17, 15) is 9.59 Å². The zero-order valence-corrected chi connectivity index (χ0v) is 24.2. The summed E-state index contributed by atoms with van der Waals surface area (Å²) in [5, 5.41) is 7.00. The number of carbonyl (C=O) groups excluding carboxylic acids is 2. The fourth-order valence-electron chi connectivity index (χ4n) is 5.21. The van der Waals surface area contributed by atoms with Crippen LogP contribution in [0.15, 0.2) is 54.6 Å². The van der Waals surface area contributed by atoms with Crippen LogP contribution in [0, 0.1) is 13.8 Å². The number of aliphatic hydroxyl groups is 1. The molecule has 3 aromatic rings.